The molecule has 0 unspecified atom stereocenters. The van der Waals surface area contributed by atoms with Crippen molar-refractivity contribution >= 4 is 40.7 Å². The molecular formula is C21H21Cl2N5. The van der Waals surface area contributed by atoms with Crippen LogP contribution in [-0.2, 0) is 0 Å². The third-order valence-corrected chi connectivity index (χ3v) is 5.36. The number of nitrogens with zero attached hydrogens (tertiary/aromatic N) is 3. The smallest absolute Gasteiger partial charge is 0.225 e. The van der Waals surface area contributed by atoms with Crippen LogP contribution in [0, 0.1) is 0 Å². The Kier molecular flexibility index (Phi) is 5.93. The molecular weight excluding hydrogens is 393 g/mol. The molecule has 5 nitrogen and oxygen atoms in total. The molecule has 3 aromatic rings. The number of nitrogens with one attached hydrogen (secondary N) is 2. The van der Waals surface area contributed by atoms with E-state index in [2.05, 4.69) is 20.6 Å². The standard InChI is InChI=1S/C21H21Cl2N5/c22-15-8-9-18(17(23)11-15)26-20-12-19(14-5-4-10-24-13-14)27-21(28-20)25-16-6-2-1-3-7-16/h4-5,8-13,16H,1-3,6-7H2,(H2,25,26,27,28). The fourth-order valence-corrected chi connectivity index (χ4v) is 3.85. The summed E-state index contributed by atoms with van der Waals surface area (Å²) in [5.41, 5.74) is 2.47. The van der Waals surface area contributed by atoms with Gasteiger partial charge < -0.3 is 10.6 Å². The fraction of sp³-hybridized carbons (Fsp3) is 0.286. The van der Waals surface area contributed by atoms with Crippen molar-refractivity contribution in [1.29, 1.82) is 0 Å². The summed E-state index contributed by atoms with van der Waals surface area (Å²) in [5.74, 6) is 1.28. The number of benzene rings is 1. The summed E-state index contributed by atoms with van der Waals surface area (Å²) in [6.07, 6.45) is 9.62. The van der Waals surface area contributed by atoms with Gasteiger partial charge in [-0.3, -0.25) is 4.98 Å². The SMILES string of the molecule is Clc1ccc(Nc2cc(-c3cccnc3)nc(NC3CCCCC3)n2)c(Cl)c1. The molecule has 144 valence electrons. The van der Waals surface area contributed by atoms with Gasteiger partial charge in [-0.2, -0.15) is 4.98 Å². The molecule has 1 fully saturated rings. The van der Waals surface area contributed by atoms with Crippen LogP contribution in [0.2, 0.25) is 10.0 Å². The van der Waals surface area contributed by atoms with Crippen molar-refractivity contribution in [3.8, 4) is 11.3 Å². The first-order valence-electron chi connectivity index (χ1n) is 9.45. The first kappa shape index (κ1) is 19.0. The Morgan fingerprint density at radius 3 is 2.57 bits per heavy atom. The van der Waals surface area contributed by atoms with E-state index >= 15 is 0 Å². The first-order chi connectivity index (χ1) is 13.7. The van der Waals surface area contributed by atoms with Crippen LogP contribution in [0.1, 0.15) is 32.1 Å². The van der Waals surface area contributed by atoms with E-state index in [0.717, 1.165) is 29.8 Å². The van der Waals surface area contributed by atoms with Crippen LogP contribution >= 0.6 is 23.2 Å². The van der Waals surface area contributed by atoms with E-state index in [1.807, 2.05) is 24.3 Å². The van der Waals surface area contributed by atoms with Crippen molar-refractivity contribution in [2.75, 3.05) is 10.6 Å². The van der Waals surface area contributed by atoms with E-state index in [1.54, 1.807) is 24.5 Å². The van der Waals surface area contributed by atoms with Gasteiger partial charge in [0, 0.05) is 35.1 Å². The van der Waals surface area contributed by atoms with Crippen molar-refractivity contribution < 1.29 is 0 Å². The Morgan fingerprint density at radius 1 is 0.964 bits per heavy atom. The molecule has 0 amide bonds. The van der Waals surface area contributed by atoms with Gasteiger partial charge in [-0.1, -0.05) is 42.5 Å². The molecule has 1 aliphatic carbocycles. The quantitative estimate of drug-likeness (QED) is 0.511. The number of rotatable bonds is 5. The van der Waals surface area contributed by atoms with Gasteiger partial charge >= 0.3 is 0 Å². The highest BCUT2D eigenvalue weighted by Gasteiger charge is 2.16. The lowest BCUT2D eigenvalue weighted by molar-refractivity contribution is 0.461. The van der Waals surface area contributed by atoms with E-state index in [9.17, 15) is 0 Å². The van der Waals surface area contributed by atoms with Gasteiger partial charge in [-0.15, -0.1) is 0 Å². The number of anilines is 3. The maximum absolute atomic E-state index is 6.32. The molecule has 4 rings (SSSR count). The molecule has 0 atom stereocenters. The molecule has 0 radical (unpaired) electrons. The maximum Gasteiger partial charge on any atom is 0.225 e. The Morgan fingerprint density at radius 2 is 1.82 bits per heavy atom. The lowest BCUT2D eigenvalue weighted by atomic mass is 9.96. The van der Waals surface area contributed by atoms with Gasteiger partial charge in [0.25, 0.3) is 0 Å². The number of pyridine rings is 1. The molecule has 0 aliphatic heterocycles. The predicted octanol–water partition coefficient (Wildman–Crippen LogP) is 6.33. The zero-order valence-electron chi connectivity index (χ0n) is 15.3. The maximum atomic E-state index is 6.32. The predicted molar refractivity (Wildman–Crippen MR) is 116 cm³/mol. The molecule has 0 saturated heterocycles. The van der Waals surface area contributed by atoms with Gasteiger partial charge in [0.2, 0.25) is 5.95 Å². The van der Waals surface area contributed by atoms with Gasteiger partial charge in [-0.25, -0.2) is 4.98 Å². The van der Waals surface area contributed by atoms with E-state index in [1.165, 1.54) is 19.3 Å². The average molecular weight is 414 g/mol. The molecule has 28 heavy (non-hydrogen) atoms. The van der Waals surface area contributed by atoms with E-state index in [4.69, 9.17) is 28.2 Å². The second kappa shape index (κ2) is 8.76. The third-order valence-electron chi connectivity index (χ3n) is 4.82. The normalized spacial score (nSPS) is 14.6. The molecule has 1 saturated carbocycles. The lowest BCUT2D eigenvalue weighted by Crippen LogP contribution is -2.23. The second-order valence-corrected chi connectivity index (χ2v) is 7.78. The second-order valence-electron chi connectivity index (χ2n) is 6.93. The summed E-state index contributed by atoms with van der Waals surface area (Å²) in [4.78, 5) is 13.6. The van der Waals surface area contributed by atoms with E-state index < -0.39 is 0 Å². The van der Waals surface area contributed by atoms with Crippen LogP contribution in [0.25, 0.3) is 11.3 Å². The van der Waals surface area contributed by atoms with Crippen molar-refractivity contribution in [2.24, 2.45) is 0 Å². The van der Waals surface area contributed by atoms with Crippen LogP contribution in [-0.4, -0.2) is 21.0 Å². The van der Waals surface area contributed by atoms with Crippen molar-refractivity contribution in [3.63, 3.8) is 0 Å². The minimum atomic E-state index is 0.407. The molecule has 1 aromatic carbocycles. The van der Waals surface area contributed by atoms with Crippen LogP contribution < -0.4 is 10.6 Å². The summed E-state index contributed by atoms with van der Waals surface area (Å²) in [7, 11) is 0. The van der Waals surface area contributed by atoms with Crippen LogP contribution in [0.3, 0.4) is 0 Å². The first-order valence-corrected chi connectivity index (χ1v) is 10.2. The van der Waals surface area contributed by atoms with Gasteiger partial charge in [0.05, 0.1) is 16.4 Å². The van der Waals surface area contributed by atoms with Crippen LogP contribution in [0.15, 0.2) is 48.8 Å². The Labute approximate surface area is 174 Å². The van der Waals surface area contributed by atoms with E-state index in [0.29, 0.717) is 27.9 Å². The topological polar surface area (TPSA) is 62.7 Å². The monoisotopic (exact) mass is 413 g/mol. The van der Waals surface area contributed by atoms with Crippen LogP contribution in [0.4, 0.5) is 17.5 Å². The van der Waals surface area contributed by atoms with Gasteiger partial charge in [0.15, 0.2) is 0 Å². The van der Waals surface area contributed by atoms with Crippen molar-refractivity contribution in [1.82, 2.24) is 15.0 Å². The number of halogens is 2. The Bertz CT molecular complexity index is 943. The molecule has 0 bridgehead atoms. The lowest BCUT2D eigenvalue weighted by Gasteiger charge is -2.23. The zero-order chi connectivity index (χ0) is 19.3. The molecule has 1 aliphatic rings. The van der Waals surface area contributed by atoms with Crippen molar-refractivity contribution in [2.45, 2.75) is 38.1 Å². The molecule has 2 N–H and O–H groups in total. The number of aromatic nitrogens is 3. The molecule has 2 aromatic heterocycles. The van der Waals surface area contributed by atoms with Gasteiger partial charge in [0.1, 0.15) is 5.82 Å². The third kappa shape index (κ3) is 4.72. The highest BCUT2D eigenvalue weighted by molar-refractivity contribution is 6.36. The summed E-state index contributed by atoms with van der Waals surface area (Å²) < 4.78 is 0. The fourth-order valence-electron chi connectivity index (χ4n) is 3.40. The Balaban J connectivity index is 1.66. The van der Waals surface area contributed by atoms with Crippen LogP contribution in [0.5, 0.6) is 0 Å². The molecule has 7 heteroatoms. The largest absolute Gasteiger partial charge is 0.351 e. The number of hydrogen-bond donors (Lipinski definition) is 2. The Hall–Kier alpha value is -2.37. The summed E-state index contributed by atoms with van der Waals surface area (Å²) in [6, 6.07) is 11.5. The zero-order valence-corrected chi connectivity index (χ0v) is 16.8. The molecule has 0 spiro atoms. The minimum Gasteiger partial charge on any atom is -0.351 e. The number of hydrogen-bond acceptors (Lipinski definition) is 5. The van der Waals surface area contributed by atoms with E-state index in [-0.39, 0.29) is 0 Å². The summed E-state index contributed by atoms with van der Waals surface area (Å²) >= 11 is 12.3. The van der Waals surface area contributed by atoms with Crippen molar-refractivity contribution in [3.05, 3.63) is 58.8 Å². The molecule has 2 heterocycles. The minimum absolute atomic E-state index is 0.407. The summed E-state index contributed by atoms with van der Waals surface area (Å²) in [5, 5.41) is 7.92. The highest BCUT2D eigenvalue weighted by Crippen LogP contribution is 2.30. The average Bonchev–Trinajstić information content (AvgIpc) is 2.71. The van der Waals surface area contributed by atoms with Gasteiger partial charge in [-0.05, 0) is 43.2 Å². The highest BCUT2D eigenvalue weighted by atomic mass is 35.5. The summed E-state index contributed by atoms with van der Waals surface area (Å²) in [6.45, 7) is 0.